The molecule has 1 aromatic carbocycles. The Labute approximate surface area is 138 Å². The van der Waals surface area contributed by atoms with Crippen molar-refractivity contribution in [3.05, 3.63) is 30.3 Å². The number of rotatable bonds is 11. The standard InChI is InChI=1S/C17H32O3Si2/c1-6-8-15-18-22(19-16-9-7-2,20-21(3,4)5)17-13-11-10-12-14-17/h10-14H,6-9,15-16H2,1-5H3. The van der Waals surface area contributed by atoms with Gasteiger partial charge in [-0.15, -0.1) is 0 Å². The molecule has 0 heterocycles. The van der Waals surface area contributed by atoms with Gasteiger partial charge in [-0.1, -0.05) is 57.0 Å². The Kier molecular flexibility index (Phi) is 8.56. The van der Waals surface area contributed by atoms with E-state index in [0.29, 0.717) is 13.2 Å². The molecule has 5 heteroatoms. The lowest BCUT2D eigenvalue weighted by molar-refractivity contribution is 0.115. The van der Waals surface area contributed by atoms with Gasteiger partial charge in [-0.2, -0.15) is 0 Å². The molecule has 0 saturated carbocycles. The van der Waals surface area contributed by atoms with Crippen LogP contribution < -0.4 is 5.19 Å². The summed E-state index contributed by atoms with van der Waals surface area (Å²) in [6.07, 6.45) is 4.30. The topological polar surface area (TPSA) is 27.7 Å². The van der Waals surface area contributed by atoms with Crippen LogP contribution in [0.2, 0.25) is 19.6 Å². The van der Waals surface area contributed by atoms with E-state index in [4.69, 9.17) is 13.0 Å². The minimum Gasteiger partial charge on any atom is -0.413 e. The highest BCUT2D eigenvalue weighted by Crippen LogP contribution is 2.19. The van der Waals surface area contributed by atoms with Gasteiger partial charge in [-0.05, 0) is 32.5 Å². The summed E-state index contributed by atoms with van der Waals surface area (Å²) < 4.78 is 19.2. The molecule has 22 heavy (non-hydrogen) atoms. The molecule has 0 amide bonds. The molecular formula is C17H32O3Si2. The van der Waals surface area contributed by atoms with Gasteiger partial charge in [0.15, 0.2) is 8.32 Å². The Morgan fingerprint density at radius 2 is 1.32 bits per heavy atom. The fourth-order valence-corrected chi connectivity index (χ4v) is 8.08. The normalized spacial score (nSPS) is 12.6. The number of benzene rings is 1. The van der Waals surface area contributed by atoms with Gasteiger partial charge in [0.1, 0.15) is 0 Å². The van der Waals surface area contributed by atoms with Crippen LogP contribution in [0.3, 0.4) is 0 Å². The first kappa shape index (κ1) is 19.6. The van der Waals surface area contributed by atoms with E-state index in [9.17, 15) is 0 Å². The highest BCUT2D eigenvalue weighted by molar-refractivity contribution is 6.86. The second-order valence-electron chi connectivity index (χ2n) is 6.54. The van der Waals surface area contributed by atoms with Crippen LogP contribution in [-0.2, 0) is 13.0 Å². The molecule has 0 aliphatic heterocycles. The first-order chi connectivity index (χ1) is 10.4. The van der Waals surface area contributed by atoms with E-state index in [0.717, 1.165) is 30.9 Å². The van der Waals surface area contributed by atoms with E-state index in [1.165, 1.54) is 0 Å². The van der Waals surface area contributed by atoms with Crippen LogP contribution in [0, 0.1) is 0 Å². The Hall–Kier alpha value is -0.466. The van der Waals surface area contributed by atoms with Crippen molar-refractivity contribution >= 4 is 22.3 Å². The molecule has 0 aliphatic rings. The van der Waals surface area contributed by atoms with Crippen LogP contribution in [0.15, 0.2) is 30.3 Å². The van der Waals surface area contributed by atoms with Crippen molar-refractivity contribution in [1.29, 1.82) is 0 Å². The predicted molar refractivity (Wildman–Crippen MR) is 98.0 cm³/mol. The first-order valence-corrected chi connectivity index (χ1v) is 13.6. The molecule has 0 aliphatic carbocycles. The average molecular weight is 341 g/mol. The molecule has 1 rings (SSSR count). The lowest BCUT2D eigenvalue weighted by atomic mass is 10.4. The zero-order chi connectivity index (χ0) is 16.5. The molecule has 0 N–H and O–H groups in total. The lowest BCUT2D eigenvalue weighted by Gasteiger charge is -2.35. The SMILES string of the molecule is CCCCO[Si](OCCCC)(O[Si](C)(C)C)c1ccccc1. The smallest absolute Gasteiger partial charge is 0.413 e. The molecule has 1 aromatic rings. The molecule has 0 bridgehead atoms. The Balaban J connectivity index is 3.04. The molecular weight excluding hydrogens is 308 g/mol. The van der Waals surface area contributed by atoms with Crippen molar-refractivity contribution in [2.75, 3.05) is 13.2 Å². The zero-order valence-electron chi connectivity index (χ0n) is 14.9. The summed E-state index contributed by atoms with van der Waals surface area (Å²) in [6.45, 7) is 12.3. The molecule has 3 nitrogen and oxygen atoms in total. The Morgan fingerprint density at radius 3 is 1.73 bits per heavy atom. The summed E-state index contributed by atoms with van der Waals surface area (Å²) in [4.78, 5) is 0. The van der Waals surface area contributed by atoms with Crippen LogP contribution >= 0.6 is 0 Å². The van der Waals surface area contributed by atoms with Gasteiger partial charge in [-0.3, -0.25) is 0 Å². The van der Waals surface area contributed by atoms with E-state index >= 15 is 0 Å². The van der Waals surface area contributed by atoms with Gasteiger partial charge in [0.05, 0.1) is 0 Å². The van der Waals surface area contributed by atoms with Crippen molar-refractivity contribution < 1.29 is 13.0 Å². The molecule has 126 valence electrons. The van der Waals surface area contributed by atoms with Crippen molar-refractivity contribution in [3.63, 3.8) is 0 Å². The fourth-order valence-electron chi connectivity index (χ4n) is 2.07. The summed E-state index contributed by atoms with van der Waals surface area (Å²) in [5, 5.41) is 1.09. The van der Waals surface area contributed by atoms with Gasteiger partial charge in [0, 0.05) is 18.4 Å². The highest BCUT2D eigenvalue weighted by Gasteiger charge is 2.46. The molecule has 0 aromatic heterocycles. The minimum atomic E-state index is -2.82. The second kappa shape index (κ2) is 9.62. The largest absolute Gasteiger partial charge is 0.526 e. The monoisotopic (exact) mass is 340 g/mol. The van der Waals surface area contributed by atoms with Crippen LogP contribution in [0.1, 0.15) is 39.5 Å². The number of unbranched alkanes of at least 4 members (excludes halogenated alkanes) is 2. The molecule has 0 radical (unpaired) electrons. The molecule has 0 unspecified atom stereocenters. The summed E-state index contributed by atoms with van der Waals surface area (Å²) in [5.41, 5.74) is 0. The predicted octanol–water partition coefficient (Wildman–Crippen LogP) is 4.32. The first-order valence-electron chi connectivity index (χ1n) is 8.47. The fraction of sp³-hybridized carbons (Fsp3) is 0.647. The molecule has 0 saturated heterocycles. The van der Waals surface area contributed by atoms with Crippen LogP contribution in [-0.4, -0.2) is 30.3 Å². The number of hydrogen-bond donors (Lipinski definition) is 0. The quantitative estimate of drug-likeness (QED) is 0.443. The number of hydrogen-bond acceptors (Lipinski definition) is 3. The van der Waals surface area contributed by atoms with E-state index in [2.05, 4.69) is 45.6 Å². The summed E-state index contributed by atoms with van der Waals surface area (Å²) in [6, 6.07) is 10.3. The maximum atomic E-state index is 6.54. The van der Waals surface area contributed by atoms with Crippen LogP contribution in [0.4, 0.5) is 0 Å². The summed E-state index contributed by atoms with van der Waals surface area (Å²) in [5.74, 6) is 0. The van der Waals surface area contributed by atoms with E-state index in [1.807, 2.05) is 18.2 Å². The van der Waals surface area contributed by atoms with Gasteiger partial charge in [0.2, 0.25) is 0 Å². The molecule has 0 fully saturated rings. The van der Waals surface area contributed by atoms with Crippen molar-refractivity contribution in [3.8, 4) is 0 Å². The van der Waals surface area contributed by atoms with E-state index in [1.54, 1.807) is 0 Å². The Bertz CT molecular complexity index is 394. The van der Waals surface area contributed by atoms with Crippen LogP contribution in [0.5, 0.6) is 0 Å². The Morgan fingerprint density at radius 1 is 0.818 bits per heavy atom. The highest BCUT2D eigenvalue weighted by atomic mass is 28.5. The minimum absolute atomic E-state index is 0.703. The summed E-state index contributed by atoms with van der Waals surface area (Å²) >= 11 is 0. The van der Waals surface area contributed by atoms with Crippen molar-refractivity contribution in [2.45, 2.75) is 59.2 Å². The zero-order valence-corrected chi connectivity index (χ0v) is 16.9. The van der Waals surface area contributed by atoms with E-state index < -0.39 is 17.1 Å². The maximum Gasteiger partial charge on any atom is 0.526 e. The maximum absolute atomic E-state index is 6.54. The molecule has 0 spiro atoms. The third-order valence-electron chi connectivity index (χ3n) is 3.15. The van der Waals surface area contributed by atoms with Gasteiger partial charge >= 0.3 is 8.80 Å². The molecule has 0 atom stereocenters. The van der Waals surface area contributed by atoms with Gasteiger partial charge in [0.25, 0.3) is 0 Å². The van der Waals surface area contributed by atoms with Crippen LogP contribution in [0.25, 0.3) is 0 Å². The van der Waals surface area contributed by atoms with Crippen molar-refractivity contribution in [2.24, 2.45) is 0 Å². The lowest BCUT2D eigenvalue weighted by Crippen LogP contribution is -2.61. The summed E-state index contributed by atoms with van der Waals surface area (Å²) in [7, 11) is -4.60. The second-order valence-corrected chi connectivity index (χ2v) is 13.8. The van der Waals surface area contributed by atoms with Gasteiger partial charge < -0.3 is 13.0 Å². The third-order valence-corrected chi connectivity index (χ3v) is 8.88. The van der Waals surface area contributed by atoms with Crippen molar-refractivity contribution in [1.82, 2.24) is 0 Å². The third kappa shape index (κ3) is 6.75. The van der Waals surface area contributed by atoms with Gasteiger partial charge in [-0.25, -0.2) is 0 Å². The average Bonchev–Trinajstić information content (AvgIpc) is 2.47. The van der Waals surface area contributed by atoms with E-state index in [-0.39, 0.29) is 0 Å².